The van der Waals surface area contributed by atoms with Gasteiger partial charge in [0.1, 0.15) is 5.56 Å². The lowest BCUT2D eigenvalue weighted by Gasteiger charge is -2.30. The van der Waals surface area contributed by atoms with Crippen LogP contribution in [0, 0.1) is 22.0 Å². The molecule has 3 amide bonds. The van der Waals surface area contributed by atoms with Gasteiger partial charge >= 0.3 is 0 Å². The maximum Gasteiger partial charge on any atom is 0.282 e. The highest BCUT2D eigenvalue weighted by atomic mass is 79.9. The van der Waals surface area contributed by atoms with E-state index >= 15 is 0 Å². The largest absolute Gasteiger partial charge is 0.282 e. The summed E-state index contributed by atoms with van der Waals surface area (Å²) in [6.45, 7) is -0.214. The molecule has 0 bridgehead atoms. The Kier molecular flexibility index (Phi) is 7.33. The van der Waals surface area contributed by atoms with Crippen molar-refractivity contribution in [3.05, 3.63) is 73.8 Å². The van der Waals surface area contributed by atoms with Crippen LogP contribution in [0.5, 0.6) is 0 Å². The molecule has 178 valence electrons. The van der Waals surface area contributed by atoms with E-state index in [1.165, 1.54) is 36.4 Å². The van der Waals surface area contributed by atoms with Crippen molar-refractivity contribution in [2.45, 2.75) is 29.0 Å². The number of halogens is 4. The minimum Gasteiger partial charge on any atom is -0.272 e. The van der Waals surface area contributed by atoms with Crippen LogP contribution in [0.2, 0.25) is 10.0 Å². The molecule has 8 nitrogen and oxygen atoms in total. The lowest BCUT2D eigenvalue weighted by Crippen LogP contribution is -2.50. The molecule has 4 rings (SSSR count). The first kappa shape index (κ1) is 25.1. The molecule has 1 aliphatic heterocycles. The average molecular weight is 634 g/mol. The van der Waals surface area contributed by atoms with Crippen molar-refractivity contribution in [2.24, 2.45) is 11.8 Å². The van der Waals surface area contributed by atoms with E-state index in [-0.39, 0.29) is 26.8 Å². The summed E-state index contributed by atoms with van der Waals surface area (Å²) in [6, 6.07) is 10.1. The first-order valence-electron chi connectivity index (χ1n) is 10.2. The Labute approximate surface area is 221 Å². The Morgan fingerprint density at radius 2 is 1.62 bits per heavy atom. The van der Waals surface area contributed by atoms with Gasteiger partial charge in [0, 0.05) is 15.7 Å². The number of carbonyl (C=O) groups excluding carboxylic acids is 3. The summed E-state index contributed by atoms with van der Waals surface area (Å²) >= 11 is 19.2. The van der Waals surface area contributed by atoms with Crippen molar-refractivity contribution in [1.29, 1.82) is 0 Å². The minimum atomic E-state index is -0.843. The summed E-state index contributed by atoms with van der Waals surface area (Å²) in [5, 5.41) is 13.9. The highest BCUT2D eigenvalue weighted by Gasteiger charge is 2.54. The van der Waals surface area contributed by atoms with Gasteiger partial charge in [-0.05, 0) is 36.6 Å². The van der Waals surface area contributed by atoms with Gasteiger partial charge in [-0.1, -0.05) is 73.3 Å². The van der Waals surface area contributed by atoms with E-state index in [1.807, 2.05) is 0 Å². The highest BCUT2D eigenvalue weighted by molar-refractivity contribution is 9.12. The third-order valence-corrected chi connectivity index (χ3v) is 9.48. The van der Waals surface area contributed by atoms with Crippen LogP contribution in [-0.2, 0) is 16.1 Å². The van der Waals surface area contributed by atoms with Crippen LogP contribution in [0.3, 0.4) is 0 Å². The summed E-state index contributed by atoms with van der Waals surface area (Å²) in [5.41, 5.74) is -0.169. The molecular formula is C22H17Br2Cl2N3O5. The number of rotatable bonds is 5. The molecule has 2 fully saturated rings. The molecule has 0 spiro atoms. The van der Waals surface area contributed by atoms with Crippen molar-refractivity contribution in [3.8, 4) is 0 Å². The van der Waals surface area contributed by atoms with Gasteiger partial charge in [-0.3, -0.25) is 24.5 Å². The molecule has 0 N–H and O–H groups in total. The molecule has 34 heavy (non-hydrogen) atoms. The number of nitro groups is 1. The van der Waals surface area contributed by atoms with E-state index in [1.54, 1.807) is 6.07 Å². The molecule has 1 aliphatic carbocycles. The predicted octanol–water partition coefficient (Wildman–Crippen LogP) is 5.38. The van der Waals surface area contributed by atoms with Gasteiger partial charge in [-0.2, -0.15) is 5.01 Å². The fourth-order valence-corrected chi connectivity index (χ4v) is 5.87. The van der Waals surface area contributed by atoms with E-state index < -0.39 is 40.2 Å². The Balaban J connectivity index is 1.77. The van der Waals surface area contributed by atoms with Crippen molar-refractivity contribution in [1.82, 2.24) is 10.0 Å². The third-order valence-electron chi connectivity index (χ3n) is 6.01. The maximum atomic E-state index is 13.6. The van der Waals surface area contributed by atoms with Gasteiger partial charge in [-0.25, -0.2) is 5.01 Å². The molecule has 0 aromatic heterocycles. The number of hydrogen-bond acceptors (Lipinski definition) is 5. The van der Waals surface area contributed by atoms with Crippen LogP contribution in [0.25, 0.3) is 0 Å². The van der Waals surface area contributed by atoms with Crippen LogP contribution < -0.4 is 0 Å². The van der Waals surface area contributed by atoms with Crippen molar-refractivity contribution in [2.75, 3.05) is 0 Å². The smallest absolute Gasteiger partial charge is 0.272 e. The second-order valence-electron chi connectivity index (χ2n) is 8.09. The fourth-order valence-electron chi connectivity index (χ4n) is 4.31. The molecule has 1 heterocycles. The molecule has 2 aromatic carbocycles. The lowest BCUT2D eigenvalue weighted by atomic mass is 9.81. The number of hydrazine groups is 1. The van der Waals surface area contributed by atoms with Gasteiger partial charge in [0.25, 0.3) is 23.4 Å². The second-order valence-corrected chi connectivity index (χ2v) is 11.3. The monoisotopic (exact) mass is 631 g/mol. The summed E-state index contributed by atoms with van der Waals surface area (Å²) in [4.78, 5) is 51.3. The number of nitrogens with zero attached hydrogens (tertiary/aromatic N) is 3. The Morgan fingerprint density at radius 3 is 2.18 bits per heavy atom. The zero-order valence-electron chi connectivity index (χ0n) is 17.4. The number of alkyl halides is 2. The zero-order valence-corrected chi connectivity index (χ0v) is 22.1. The van der Waals surface area contributed by atoms with E-state index in [0.29, 0.717) is 23.4 Å². The standard InChI is InChI=1S/C22H17Br2Cl2N3O5/c23-15-8-13-14(9-16(15)24)22(32)28(21(13)31)27(10-11-5-6-17(25)18(26)7-11)20(30)12-3-1-2-4-19(12)29(33)34/h1-7,13-16H,8-10H2/t13-,14+,15-,16-/m0/s1. The Hall–Kier alpha value is -2.01. The van der Waals surface area contributed by atoms with Gasteiger partial charge in [0.05, 0.1) is 33.3 Å². The average Bonchev–Trinajstić information content (AvgIpc) is 3.03. The summed E-state index contributed by atoms with van der Waals surface area (Å²) in [5.74, 6) is -3.05. The van der Waals surface area contributed by atoms with E-state index in [9.17, 15) is 24.5 Å². The topological polar surface area (TPSA) is 101 Å². The van der Waals surface area contributed by atoms with Crippen LogP contribution in [0.4, 0.5) is 5.69 Å². The number of imide groups is 1. The van der Waals surface area contributed by atoms with E-state index in [0.717, 1.165) is 10.0 Å². The number of fused-ring (bicyclic) bond motifs is 1. The van der Waals surface area contributed by atoms with Crippen LogP contribution in [0.1, 0.15) is 28.8 Å². The first-order valence-corrected chi connectivity index (χ1v) is 12.8. The van der Waals surface area contributed by atoms with Gasteiger partial charge in [-0.15, -0.1) is 0 Å². The van der Waals surface area contributed by atoms with Crippen molar-refractivity contribution in [3.63, 3.8) is 0 Å². The van der Waals surface area contributed by atoms with E-state index in [4.69, 9.17) is 23.2 Å². The Bertz CT molecular complexity index is 1170. The number of carbonyl (C=O) groups is 3. The molecule has 12 heteroatoms. The molecule has 2 aliphatic rings. The lowest BCUT2D eigenvalue weighted by molar-refractivity contribution is -0.385. The van der Waals surface area contributed by atoms with Crippen LogP contribution in [0.15, 0.2) is 42.5 Å². The van der Waals surface area contributed by atoms with E-state index in [2.05, 4.69) is 31.9 Å². The van der Waals surface area contributed by atoms with Crippen molar-refractivity contribution >= 4 is 78.5 Å². The fraction of sp³-hybridized carbons (Fsp3) is 0.318. The number of para-hydroxylation sites is 1. The third kappa shape index (κ3) is 4.60. The van der Waals surface area contributed by atoms with Gasteiger partial charge < -0.3 is 0 Å². The normalized spacial score (nSPS) is 24.2. The van der Waals surface area contributed by atoms with Crippen LogP contribution in [-0.4, -0.2) is 42.3 Å². The zero-order chi connectivity index (χ0) is 24.7. The molecular weight excluding hydrogens is 617 g/mol. The van der Waals surface area contributed by atoms with Crippen LogP contribution >= 0.6 is 55.1 Å². The second kappa shape index (κ2) is 9.93. The summed E-state index contributed by atoms with van der Waals surface area (Å²) < 4.78 is 0. The predicted molar refractivity (Wildman–Crippen MR) is 133 cm³/mol. The molecule has 0 unspecified atom stereocenters. The highest BCUT2D eigenvalue weighted by Crippen LogP contribution is 2.44. The molecule has 1 saturated carbocycles. The molecule has 1 saturated heterocycles. The SMILES string of the molecule is O=C(c1ccccc1[N+](=O)[O-])N(Cc1ccc(Cl)c(Cl)c1)N1C(=O)[C@H]2C[C@H](Br)[C@@H](Br)C[C@H]2C1=O. The summed E-state index contributed by atoms with van der Waals surface area (Å²) in [7, 11) is 0. The summed E-state index contributed by atoms with van der Waals surface area (Å²) in [6.07, 6.45) is 0.837. The number of hydrogen-bond donors (Lipinski definition) is 0. The minimum absolute atomic E-state index is 0.0140. The Morgan fingerprint density at radius 1 is 1.03 bits per heavy atom. The molecule has 4 atom stereocenters. The number of amides is 3. The molecule has 0 radical (unpaired) electrons. The first-order chi connectivity index (χ1) is 16.1. The molecule has 2 aromatic rings. The number of benzene rings is 2. The maximum absolute atomic E-state index is 13.6. The quantitative estimate of drug-likeness (QED) is 0.190. The van der Waals surface area contributed by atoms with Gasteiger partial charge in [0.15, 0.2) is 0 Å². The van der Waals surface area contributed by atoms with Crippen molar-refractivity contribution < 1.29 is 19.3 Å². The number of nitro benzene ring substituents is 1. The van der Waals surface area contributed by atoms with Gasteiger partial charge in [0.2, 0.25) is 0 Å².